The van der Waals surface area contributed by atoms with Crippen LogP contribution in [0.25, 0.3) is 0 Å². The van der Waals surface area contributed by atoms with Gasteiger partial charge in [0.1, 0.15) is 6.54 Å². The number of nitrogens with zero attached hydrogens (tertiary/aromatic N) is 2. The zero-order valence-electron chi connectivity index (χ0n) is 15.2. The lowest BCUT2D eigenvalue weighted by molar-refractivity contribution is -0.463. The normalized spacial score (nSPS) is 22.7. The van der Waals surface area contributed by atoms with E-state index < -0.39 is 0 Å². The van der Waals surface area contributed by atoms with E-state index in [0.717, 1.165) is 25.8 Å². The van der Waals surface area contributed by atoms with Gasteiger partial charge in [0.05, 0.1) is 11.6 Å². The molecule has 0 saturated carbocycles. The van der Waals surface area contributed by atoms with Gasteiger partial charge in [0.25, 0.3) is 0 Å². The molecule has 128 valence electrons. The van der Waals surface area contributed by atoms with Crippen LogP contribution in [0.3, 0.4) is 0 Å². The number of benzene rings is 1. The zero-order chi connectivity index (χ0) is 17.6. The van der Waals surface area contributed by atoms with Gasteiger partial charge in [-0.1, -0.05) is 36.4 Å². The van der Waals surface area contributed by atoms with Crippen molar-refractivity contribution in [3.05, 3.63) is 59.3 Å². The van der Waals surface area contributed by atoms with Crippen molar-refractivity contribution in [2.45, 2.75) is 33.1 Å². The molecule has 1 aromatic rings. The SMILES string of the molecule is CC[N+]1=C(C=NC)C(C)(Cc2ccccc2)C2=CCCC=C21.CCl. The van der Waals surface area contributed by atoms with Gasteiger partial charge in [-0.15, -0.1) is 11.6 Å². The van der Waals surface area contributed by atoms with Gasteiger partial charge in [-0.2, -0.15) is 4.58 Å². The Morgan fingerprint density at radius 2 is 1.83 bits per heavy atom. The van der Waals surface area contributed by atoms with Crippen molar-refractivity contribution in [2.75, 3.05) is 20.0 Å². The molecule has 0 bridgehead atoms. The van der Waals surface area contributed by atoms with Crippen LogP contribution in [0.5, 0.6) is 0 Å². The first-order valence-electron chi connectivity index (χ1n) is 8.60. The van der Waals surface area contributed by atoms with Crippen LogP contribution >= 0.6 is 11.6 Å². The minimum Gasteiger partial charge on any atom is -0.290 e. The smallest absolute Gasteiger partial charge is 0.210 e. The highest BCUT2D eigenvalue weighted by Crippen LogP contribution is 2.44. The van der Waals surface area contributed by atoms with Crippen LogP contribution in [0, 0.1) is 5.41 Å². The number of rotatable bonds is 4. The molecule has 24 heavy (non-hydrogen) atoms. The van der Waals surface area contributed by atoms with Gasteiger partial charge in [-0.25, -0.2) is 0 Å². The van der Waals surface area contributed by atoms with E-state index in [0.29, 0.717) is 0 Å². The van der Waals surface area contributed by atoms with Crippen molar-refractivity contribution < 1.29 is 4.58 Å². The van der Waals surface area contributed by atoms with Crippen LogP contribution in [0.1, 0.15) is 32.3 Å². The summed E-state index contributed by atoms with van der Waals surface area (Å²) in [5.41, 5.74) is 5.63. The summed E-state index contributed by atoms with van der Waals surface area (Å²) in [7, 11) is 1.87. The van der Waals surface area contributed by atoms with E-state index in [1.807, 2.05) is 7.05 Å². The monoisotopic (exact) mass is 343 g/mol. The number of aliphatic imine (C=N–C) groups is 1. The quantitative estimate of drug-likeness (QED) is 0.420. The molecule has 1 aliphatic carbocycles. The van der Waals surface area contributed by atoms with E-state index in [2.05, 4.69) is 83.7 Å². The Bertz CT molecular complexity index is 683. The summed E-state index contributed by atoms with van der Waals surface area (Å²) in [6, 6.07) is 10.8. The predicted octanol–water partition coefficient (Wildman–Crippen LogP) is 4.88. The second-order valence-electron chi connectivity index (χ2n) is 6.30. The summed E-state index contributed by atoms with van der Waals surface area (Å²) in [6.07, 6.45) is 11.7. The van der Waals surface area contributed by atoms with E-state index in [-0.39, 0.29) is 5.41 Å². The Kier molecular flexibility index (Phi) is 6.56. The summed E-state index contributed by atoms with van der Waals surface area (Å²) in [5, 5.41) is 0. The molecule has 1 atom stereocenters. The van der Waals surface area contributed by atoms with Crippen LogP contribution in [0.2, 0.25) is 0 Å². The first-order chi connectivity index (χ1) is 11.7. The van der Waals surface area contributed by atoms with Crippen molar-refractivity contribution in [2.24, 2.45) is 10.4 Å². The summed E-state index contributed by atoms with van der Waals surface area (Å²) >= 11 is 4.64. The van der Waals surface area contributed by atoms with Crippen molar-refractivity contribution in [1.82, 2.24) is 0 Å². The van der Waals surface area contributed by atoms with Gasteiger partial charge in [-0.05, 0) is 44.7 Å². The van der Waals surface area contributed by atoms with Gasteiger partial charge in [-0.3, -0.25) is 4.99 Å². The molecule has 0 spiro atoms. The largest absolute Gasteiger partial charge is 0.290 e. The molecule has 2 aliphatic rings. The molecular formula is C21H28ClN2+. The fourth-order valence-corrected chi connectivity index (χ4v) is 3.86. The minimum absolute atomic E-state index is 0.0170. The molecule has 0 saturated heterocycles. The Morgan fingerprint density at radius 1 is 1.17 bits per heavy atom. The third-order valence-corrected chi connectivity index (χ3v) is 4.84. The molecule has 3 heteroatoms. The third kappa shape index (κ3) is 3.39. The lowest BCUT2D eigenvalue weighted by atomic mass is 9.73. The average Bonchev–Trinajstić information content (AvgIpc) is 2.86. The zero-order valence-corrected chi connectivity index (χ0v) is 16.0. The highest BCUT2D eigenvalue weighted by molar-refractivity contribution is 6.32. The maximum Gasteiger partial charge on any atom is 0.210 e. The van der Waals surface area contributed by atoms with Crippen molar-refractivity contribution in [1.29, 1.82) is 0 Å². The molecule has 1 unspecified atom stereocenters. The number of likely N-dealkylation sites (N-methyl/N-ethyl adjacent to an activating group) is 1. The number of fused-ring (bicyclic) bond motifs is 1. The highest BCUT2D eigenvalue weighted by atomic mass is 35.5. The van der Waals surface area contributed by atoms with E-state index in [1.54, 1.807) is 0 Å². The van der Waals surface area contributed by atoms with Crippen LogP contribution in [0.4, 0.5) is 0 Å². The molecule has 0 radical (unpaired) electrons. The number of halogens is 1. The molecule has 0 aromatic heterocycles. The standard InChI is InChI=1S/C20H25N2.CH3Cl/c1-4-22-18-13-9-8-12-17(18)20(2,19(22)15-21-3)14-16-10-6-5-7-11-16;1-2/h5-7,10-13,15H,4,8-9,14H2,1-3H3;1H3/q+1;. The Hall–Kier alpha value is -1.67. The summed E-state index contributed by atoms with van der Waals surface area (Å²) < 4.78 is 2.45. The van der Waals surface area contributed by atoms with Crippen LogP contribution < -0.4 is 0 Å². The molecular weight excluding hydrogens is 316 g/mol. The number of allylic oxidation sites excluding steroid dienone is 3. The van der Waals surface area contributed by atoms with Crippen LogP contribution in [-0.2, 0) is 6.42 Å². The molecule has 0 fully saturated rings. The van der Waals surface area contributed by atoms with Gasteiger partial charge in [0.2, 0.25) is 11.4 Å². The van der Waals surface area contributed by atoms with Crippen molar-refractivity contribution >= 4 is 23.5 Å². The third-order valence-electron chi connectivity index (χ3n) is 4.84. The van der Waals surface area contributed by atoms with E-state index >= 15 is 0 Å². The topological polar surface area (TPSA) is 15.4 Å². The number of alkyl halides is 1. The summed E-state index contributed by atoms with van der Waals surface area (Å²) in [6.45, 7) is 5.59. The van der Waals surface area contributed by atoms with Crippen molar-refractivity contribution in [3.63, 3.8) is 0 Å². The van der Waals surface area contributed by atoms with Gasteiger partial charge in [0.15, 0.2) is 0 Å². The Balaban J connectivity index is 0.00000100. The molecule has 0 N–H and O–H groups in total. The first kappa shape index (κ1) is 18.7. The number of hydrogen-bond acceptors (Lipinski definition) is 1. The average molecular weight is 344 g/mol. The first-order valence-corrected chi connectivity index (χ1v) is 9.36. The Labute approximate surface area is 151 Å². The van der Waals surface area contributed by atoms with Crippen LogP contribution in [0.15, 0.2) is 58.7 Å². The Morgan fingerprint density at radius 3 is 2.46 bits per heavy atom. The molecule has 0 amide bonds. The van der Waals surface area contributed by atoms with Crippen molar-refractivity contribution in [3.8, 4) is 0 Å². The van der Waals surface area contributed by atoms with E-state index in [4.69, 9.17) is 0 Å². The summed E-state index contributed by atoms with van der Waals surface area (Å²) in [4.78, 5) is 4.35. The van der Waals surface area contributed by atoms with Gasteiger partial charge < -0.3 is 0 Å². The molecule has 2 nitrogen and oxygen atoms in total. The molecule has 1 aromatic carbocycles. The number of hydrogen-bond donors (Lipinski definition) is 0. The second kappa shape index (κ2) is 8.43. The fraction of sp³-hybridized carbons (Fsp3) is 0.429. The maximum atomic E-state index is 4.64. The fourth-order valence-electron chi connectivity index (χ4n) is 3.86. The van der Waals surface area contributed by atoms with E-state index in [1.165, 1.54) is 28.9 Å². The predicted molar refractivity (Wildman–Crippen MR) is 106 cm³/mol. The van der Waals surface area contributed by atoms with Gasteiger partial charge >= 0.3 is 0 Å². The molecule has 3 rings (SSSR count). The summed E-state index contributed by atoms with van der Waals surface area (Å²) in [5.74, 6) is 0. The van der Waals surface area contributed by atoms with Gasteiger partial charge in [0, 0.05) is 19.0 Å². The van der Waals surface area contributed by atoms with Crippen LogP contribution in [-0.4, -0.2) is 36.5 Å². The second-order valence-corrected chi connectivity index (χ2v) is 6.30. The molecule has 1 aliphatic heterocycles. The highest BCUT2D eigenvalue weighted by Gasteiger charge is 2.50. The lowest BCUT2D eigenvalue weighted by Crippen LogP contribution is -2.32. The van der Waals surface area contributed by atoms with E-state index in [9.17, 15) is 0 Å². The maximum absolute atomic E-state index is 4.64. The lowest BCUT2D eigenvalue weighted by Gasteiger charge is -2.23. The molecule has 1 heterocycles. The minimum atomic E-state index is 0.0170.